The predicted molar refractivity (Wildman–Crippen MR) is 393 cm³/mol. The Morgan fingerprint density at radius 3 is 1.67 bits per heavy atom. The van der Waals surface area contributed by atoms with Crippen LogP contribution in [0.1, 0.15) is 135 Å². The first-order valence-electron chi connectivity index (χ1n) is 35.0. The Bertz CT molecular complexity index is 3330. The van der Waals surface area contributed by atoms with Crippen molar-refractivity contribution in [3.05, 3.63) is 104 Å². The summed E-state index contributed by atoms with van der Waals surface area (Å²) in [7, 11) is 9.86. The minimum atomic E-state index is -1.42. The Hall–Kier alpha value is -7.68. The van der Waals surface area contributed by atoms with Crippen molar-refractivity contribution in [2.24, 2.45) is 17.8 Å². The van der Waals surface area contributed by atoms with E-state index in [-0.39, 0.29) is 50.4 Å². The number of piperidine rings is 1. The Labute approximate surface area is 610 Å². The highest BCUT2D eigenvalue weighted by molar-refractivity contribution is 14.1. The molecular weight excluding hydrogens is 1410 g/mol. The summed E-state index contributed by atoms with van der Waals surface area (Å²) in [5.74, 6) is -8.88. The van der Waals surface area contributed by atoms with Gasteiger partial charge in [-0.15, -0.1) is 0 Å². The van der Waals surface area contributed by atoms with Crippen LogP contribution in [0.2, 0.25) is 5.02 Å². The van der Waals surface area contributed by atoms with Crippen LogP contribution in [0, 0.1) is 28.2 Å². The summed E-state index contributed by atoms with van der Waals surface area (Å²) in [6, 6.07) is 11.1. The highest BCUT2D eigenvalue weighted by atomic mass is 127. The third-order valence-corrected chi connectivity index (χ3v) is 19.9. The maximum Gasteiger partial charge on any atom is 0.245 e. The molecule has 2 aliphatic heterocycles. The summed E-state index contributed by atoms with van der Waals surface area (Å²) >= 11 is 8.40. The van der Waals surface area contributed by atoms with Crippen molar-refractivity contribution < 1.29 is 57.5 Å². The lowest BCUT2D eigenvalue weighted by Gasteiger charge is -2.38. The standard InChI is InChI=1S/C74H108ClIN12O12/c1-16-18-25-55-70(96)86(14)59(40-50-28-26-48(7)27-29-50)68(94)79-57(36-46(3)4)71(97)87(15)61(73(99)88-34-20-19-21-35-88)42-63(90)84(12)58(37-47(5)6)69(95)80-66(49(8)17-2)74(100)83(11)44-64(91)81(9)45-65(92)85(13)60(41-51-30-32-53(75)33-31-51)72(98)82(10)43-62(89)77-56(67(93)78-55)39-52-23-22-24-54(76)38-52/h22-24,26-33,38,46-47,49,55-61,66H,16-21,25,34-37,39-45H2,1-15H3,(H,77,89)(H,78,93)(H,79,94)(H,80,95)/t49-,55-,56-,57-,58-,59-,60-,61?,66-/m0/s1. The minimum absolute atomic E-state index is 0.0367. The second kappa shape index (κ2) is 39.5. The second-order valence-corrected chi connectivity index (χ2v) is 29.8. The number of nitrogens with zero attached hydrogens (tertiary/aromatic N) is 8. The van der Waals surface area contributed by atoms with Crippen LogP contribution in [0.15, 0.2) is 72.8 Å². The normalized spacial score (nSPS) is 23.4. The predicted octanol–water partition coefficient (Wildman–Crippen LogP) is 5.65. The molecule has 2 fully saturated rings. The number of hydrogen-bond donors (Lipinski definition) is 4. The van der Waals surface area contributed by atoms with Crippen molar-refractivity contribution in [3.8, 4) is 0 Å². The number of unbranched alkanes of at least 4 members (excludes halogenated alkanes) is 1. The fourth-order valence-electron chi connectivity index (χ4n) is 12.4. The van der Waals surface area contributed by atoms with Crippen LogP contribution in [-0.2, 0) is 76.8 Å². The van der Waals surface area contributed by atoms with Gasteiger partial charge in [0.05, 0.1) is 26.1 Å². The molecule has 5 rings (SSSR count). The largest absolute Gasteiger partial charge is 0.343 e. The molecule has 0 bridgehead atoms. The molecule has 2 heterocycles. The van der Waals surface area contributed by atoms with Gasteiger partial charge < -0.3 is 60.5 Å². The van der Waals surface area contributed by atoms with Gasteiger partial charge in [0, 0.05) is 90.3 Å². The lowest BCUT2D eigenvalue weighted by molar-refractivity contribution is -0.151. The van der Waals surface area contributed by atoms with E-state index in [1.54, 1.807) is 48.2 Å². The number of amides is 12. The Balaban J connectivity index is 1.67. The monoisotopic (exact) mass is 1520 g/mol. The number of nitrogens with one attached hydrogen (secondary N) is 4. The van der Waals surface area contributed by atoms with Gasteiger partial charge in [-0.1, -0.05) is 133 Å². The van der Waals surface area contributed by atoms with Crippen LogP contribution in [0.4, 0.5) is 0 Å². The molecule has 3 aromatic rings. The van der Waals surface area contributed by atoms with Gasteiger partial charge in [0.15, 0.2) is 0 Å². The molecule has 0 radical (unpaired) electrons. The Morgan fingerprint density at radius 1 is 0.530 bits per heavy atom. The van der Waals surface area contributed by atoms with Crippen molar-refractivity contribution in [2.45, 2.75) is 187 Å². The number of carbonyl (C=O) groups is 12. The van der Waals surface area contributed by atoms with Crippen molar-refractivity contribution in [2.75, 3.05) is 82.1 Å². The smallest absolute Gasteiger partial charge is 0.245 e. The lowest BCUT2D eigenvalue weighted by atomic mass is 9.95. The molecule has 26 heteroatoms. The molecule has 2 aliphatic rings. The summed E-state index contributed by atoms with van der Waals surface area (Å²) in [5.41, 5.74) is 2.89. The molecule has 0 aromatic heterocycles. The number of likely N-dealkylation sites (N-methyl/N-ethyl adjacent to an activating group) is 7. The van der Waals surface area contributed by atoms with E-state index in [1.165, 1.54) is 68.9 Å². The third-order valence-electron chi connectivity index (χ3n) is 19.0. The van der Waals surface area contributed by atoms with Crippen LogP contribution in [-0.4, -0.2) is 240 Å². The molecule has 100 heavy (non-hydrogen) atoms. The van der Waals surface area contributed by atoms with Crippen LogP contribution >= 0.6 is 34.2 Å². The van der Waals surface area contributed by atoms with E-state index in [0.717, 1.165) is 30.3 Å². The summed E-state index contributed by atoms with van der Waals surface area (Å²) < 4.78 is 0.843. The van der Waals surface area contributed by atoms with Gasteiger partial charge in [-0.25, -0.2) is 0 Å². The molecule has 4 N–H and O–H groups in total. The van der Waals surface area contributed by atoms with Crippen molar-refractivity contribution in [3.63, 3.8) is 0 Å². The zero-order valence-electron chi connectivity index (χ0n) is 61.2. The molecule has 0 spiro atoms. The Kier molecular flexibility index (Phi) is 32.8. The van der Waals surface area contributed by atoms with Gasteiger partial charge in [-0.3, -0.25) is 57.5 Å². The first-order valence-corrected chi connectivity index (χ1v) is 36.4. The van der Waals surface area contributed by atoms with E-state index < -0.39 is 151 Å². The van der Waals surface area contributed by atoms with Gasteiger partial charge in [0.25, 0.3) is 0 Å². The number of rotatable bonds is 16. The van der Waals surface area contributed by atoms with E-state index in [0.29, 0.717) is 66.9 Å². The highest BCUT2D eigenvalue weighted by Crippen LogP contribution is 2.24. The van der Waals surface area contributed by atoms with Gasteiger partial charge in [-0.05, 0) is 127 Å². The second-order valence-electron chi connectivity index (χ2n) is 28.1. The van der Waals surface area contributed by atoms with Crippen LogP contribution in [0.5, 0.6) is 0 Å². The van der Waals surface area contributed by atoms with Crippen molar-refractivity contribution >= 4 is 105 Å². The topological polar surface area (TPSA) is 279 Å². The van der Waals surface area contributed by atoms with Crippen molar-refractivity contribution in [1.29, 1.82) is 0 Å². The van der Waals surface area contributed by atoms with E-state index in [9.17, 15) is 33.6 Å². The molecule has 9 atom stereocenters. The Morgan fingerprint density at radius 2 is 1.08 bits per heavy atom. The van der Waals surface area contributed by atoms with Gasteiger partial charge in [-0.2, -0.15) is 0 Å². The molecule has 0 saturated carbocycles. The molecule has 12 amide bonds. The van der Waals surface area contributed by atoms with Gasteiger partial charge in [0.2, 0.25) is 70.9 Å². The molecule has 550 valence electrons. The number of hydrogen-bond acceptors (Lipinski definition) is 12. The zero-order chi connectivity index (χ0) is 74.4. The van der Waals surface area contributed by atoms with Crippen LogP contribution in [0.3, 0.4) is 0 Å². The molecule has 3 aromatic carbocycles. The van der Waals surface area contributed by atoms with Gasteiger partial charge >= 0.3 is 0 Å². The summed E-state index contributed by atoms with van der Waals surface area (Å²) in [5, 5.41) is 12.1. The third kappa shape index (κ3) is 24.3. The number of halogens is 2. The van der Waals surface area contributed by atoms with Crippen LogP contribution < -0.4 is 21.3 Å². The minimum Gasteiger partial charge on any atom is -0.343 e. The van der Waals surface area contributed by atoms with Crippen molar-refractivity contribution in [1.82, 2.24) is 60.5 Å². The maximum absolute atomic E-state index is 15.4. The lowest BCUT2D eigenvalue weighted by Crippen LogP contribution is -2.61. The van der Waals surface area contributed by atoms with E-state index in [4.69, 9.17) is 11.6 Å². The quantitative estimate of drug-likeness (QED) is 0.127. The first-order chi connectivity index (χ1) is 47.1. The molecule has 24 nitrogen and oxygen atoms in total. The number of carbonyl (C=O) groups excluding carboxylic acids is 12. The average molecular weight is 1520 g/mol. The van der Waals surface area contributed by atoms with E-state index in [2.05, 4.69) is 43.9 Å². The molecule has 1 unspecified atom stereocenters. The highest BCUT2D eigenvalue weighted by Gasteiger charge is 2.42. The average Bonchev–Trinajstić information content (AvgIpc) is 0.821. The fraction of sp³-hybridized carbons (Fsp3) is 0.595. The molecule has 0 aliphatic carbocycles. The van der Waals surface area contributed by atoms with Crippen LogP contribution in [0.25, 0.3) is 0 Å². The number of aryl methyl sites for hydroxylation is 1. The first kappa shape index (κ1) is 83.0. The SMILES string of the molecule is CCCC[C@@H]1NC(=O)[C@H](Cc2cccc(I)c2)NC(=O)CN(C)C(=O)[C@H](Cc2ccc(Cl)cc2)N(C)C(=O)CN(C)C(=O)CN(C)C(=O)[C@H]([C@@H](C)CC)NC(=O)[C@H](CC(C)C)N(C)C(=O)CC(C(=O)N2CCCCC2)N(C)C(=O)[C@H](CC(C)C)NC(=O)[C@H](Cc2ccc(C)cc2)N(C)C1=O. The summed E-state index contributed by atoms with van der Waals surface area (Å²) in [6.45, 7) is 14.0. The summed E-state index contributed by atoms with van der Waals surface area (Å²) in [4.78, 5) is 188. The molecule has 2 saturated heterocycles. The van der Waals surface area contributed by atoms with Gasteiger partial charge in [0.1, 0.15) is 48.3 Å². The molecular formula is C74H108ClIN12O12. The number of benzene rings is 3. The zero-order valence-corrected chi connectivity index (χ0v) is 64.2. The summed E-state index contributed by atoms with van der Waals surface area (Å²) in [6.07, 6.45) is 3.33. The van der Waals surface area contributed by atoms with E-state index >= 15 is 24.0 Å². The maximum atomic E-state index is 15.4. The fourth-order valence-corrected chi connectivity index (χ4v) is 13.1. The number of likely N-dealkylation sites (tertiary alicyclic amines) is 1. The van der Waals surface area contributed by atoms with E-state index in [1.807, 2.05) is 84.9 Å².